The lowest BCUT2D eigenvalue weighted by molar-refractivity contribution is -0.384. The van der Waals surface area contributed by atoms with E-state index in [2.05, 4.69) is 20.4 Å². The van der Waals surface area contributed by atoms with Crippen molar-refractivity contribution in [2.45, 2.75) is 19.4 Å². The second kappa shape index (κ2) is 11.5. The van der Waals surface area contributed by atoms with Crippen LogP contribution in [0.2, 0.25) is 0 Å². The van der Waals surface area contributed by atoms with Gasteiger partial charge in [0.25, 0.3) is 5.69 Å². The molecular weight excluding hydrogens is 472 g/mol. The average molecular weight is 503 g/mol. The number of benzene rings is 2. The Hall–Kier alpha value is -3.86. The normalized spacial score (nSPS) is 15.1. The minimum absolute atomic E-state index is 0.0579. The van der Waals surface area contributed by atoms with Crippen LogP contribution in [-0.2, 0) is 4.74 Å². The van der Waals surface area contributed by atoms with Gasteiger partial charge in [-0.1, -0.05) is 47.6 Å². The zero-order chi connectivity index (χ0) is 25.6. The van der Waals surface area contributed by atoms with Gasteiger partial charge in [-0.25, -0.2) is 4.98 Å². The van der Waals surface area contributed by atoms with Gasteiger partial charge >= 0.3 is 0 Å². The maximum absolute atomic E-state index is 11.2. The highest BCUT2D eigenvalue weighted by atomic mass is 16.6. The number of aromatic amines is 1. The van der Waals surface area contributed by atoms with Crippen molar-refractivity contribution < 1.29 is 14.2 Å². The first-order valence-electron chi connectivity index (χ1n) is 12.5. The van der Waals surface area contributed by atoms with Crippen molar-refractivity contribution in [3.63, 3.8) is 0 Å². The number of H-pyrrole nitrogens is 1. The van der Waals surface area contributed by atoms with Gasteiger partial charge in [0.1, 0.15) is 17.3 Å². The molecule has 1 aliphatic heterocycles. The molecule has 2 aromatic heterocycles. The summed E-state index contributed by atoms with van der Waals surface area (Å²) in [6.07, 6.45) is 2.81. The van der Waals surface area contributed by atoms with Crippen molar-refractivity contribution in [2.24, 2.45) is 0 Å². The molecule has 192 valence electrons. The molecule has 2 N–H and O–H groups in total. The largest absolute Gasteiger partial charge is 0.379 e. The van der Waals surface area contributed by atoms with Crippen molar-refractivity contribution in [1.29, 1.82) is 0 Å². The van der Waals surface area contributed by atoms with Gasteiger partial charge in [0, 0.05) is 37.0 Å². The maximum atomic E-state index is 11.2. The van der Waals surface area contributed by atoms with E-state index < -0.39 is 0 Å². The Bertz CT molecular complexity index is 1310. The summed E-state index contributed by atoms with van der Waals surface area (Å²) in [5, 5.41) is 19.1. The van der Waals surface area contributed by atoms with Crippen LogP contribution in [0.15, 0.2) is 65.3 Å². The number of nitrogens with zero attached hydrogens (tertiary/aromatic N) is 4. The van der Waals surface area contributed by atoms with Crippen LogP contribution in [0.5, 0.6) is 0 Å². The Morgan fingerprint density at radius 3 is 2.62 bits per heavy atom. The van der Waals surface area contributed by atoms with E-state index in [1.165, 1.54) is 12.1 Å². The number of rotatable bonds is 10. The smallest absolute Gasteiger partial charge is 0.269 e. The summed E-state index contributed by atoms with van der Waals surface area (Å²) in [6.45, 7) is 7.08. The summed E-state index contributed by atoms with van der Waals surface area (Å²) in [5.41, 5.74) is 4.21. The standard InChI is InChI=1S/C27H30N6O4/c1-19-24(25(31-37-19)20-6-3-2-4-7-20)23-18-29-27(30-23)26(21-8-10-22(11-9-21)33(34)35)28-12-5-13-32-14-16-36-17-15-32/h2-4,6-11,18,26,28H,5,12-17H2,1H3,(H,29,30). The Balaban J connectivity index is 1.39. The maximum Gasteiger partial charge on any atom is 0.269 e. The fourth-order valence-electron chi connectivity index (χ4n) is 4.61. The number of aryl methyl sites for hydroxylation is 1. The molecule has 1 atom stereocenters. The molecule has 0 aliphatic carbocycles. The zero-order valence-electron chi connectivity index (χ0n) is 20.7. The number of aromatic nitrogens is 3. The zero-order valence-corrected chi connectivity index (χ0v) is 20.7. The number of nitrogens with one attached hydrogen (secondary N) is 2. The van der Waals surface area contributed by atoms with E-state index in [0.717, 1.165) is 79.7 Å². The van der Waals surface area contributed by atoms with E-state index in [0.29, 0.717) is 5.76 Å². The third kappa shape index (κ3) is 5.77. The highest BCUT2D eigenvalue weighted by Gasteiger charge is 2.23. The number of hydrogen-bond donors (Lipinski definition) is 2. The molecule has 2 aromatic carbocycles. The van der Waals surface area contributed by atoms with Gasteiger partial charge in [-0.2, -0.15) is 0 Å². The van der Waals surface area contributed by atoms with E-state index in [4.69, 9.17) is 14.2 Å². The molecule has 0 bridgehead atoms. The van der Waals surface area contributed by atoms with Crippen molar-refractivity contribution >= 4 is 5.69 Å². The molecular formula is C27H30N6O4. The number of ether oxygens (including phenoxy) is 1. The highest BCUT2D eigenvalue weighted by molar-refractivity contribution is 5.79. The van der Waals surface area contributed by atoms with Crippen LogP contribution < -0.4 is 5.32 Å². The van der Waals surface area contributed by atoms with E-state index in [1.807, 2.05) is 43.5 Å². The quantitative estimate of drug-likeness (QED) is 0.186. The first kappa shape index (κ1) is 24.8. The SMILES string of the molecule is Cc1onc(-c2ccccc2)c1-c1c[nH]c(C(NCCCN2CCOCC2)c2ccc([N+](=O)[O-])cc2)n1. The number of imidazole rings is 1. The Labute approximate surface area is 214 Å². The monoisotopic (exact) mass is 502 g/mol. The van der Waals surface area contributed by atoms with E-state index >= 15 is 0 Å². The number of hydrogen-bond acceptors (Lipinski definition) is 8. The number of nitro benzene ring substituents is 1. The predicted octanol–water partition coefficient (Wildman–Crippen LogP) is 4.35. The Kier molecular flexibility index (Phi) is 7.69. The summed E-state index contributed by atoms with van der Waals surface area (Å²) >= 11 is 0. The molecule has 0 radical (unpaired) electrons. The van der Waals surface area contributed by atoms with Crippen LogP contribution in [-0.4, -0.2) is 64.3 Å². The molecule has 0 amide bonds. The van der Waals surface area contributed by atoms with Gasteiger partial charge in [-0.05, 0) is 32.0 Å². The molecule has 0 saturated carbocycles. The van der Waals surface area contributed by atoms with E-state index in [-0.39, 0.29) is 16.7 Å². The van der Waals surface area contributed by atoms with Crippen LogP contribution in [0.3, 0.4) is 0 Å². The molecule has 3 heterocycles. The predicted molar refractivity (Wildman–Crippen MR) is 139 cm³/mol. The third-order valence-corrected chi connectivity index (χ3v) is 6.58. The molecule has 0 spiro atoms. The summed E-state index contributed by atoms with van der Waals surface area (Å²) < 4.78 is 11.0. The summed E-state index contributed by atoms with van der Waals surface area (Å²) in [5.74, 6) is 1.40. The van der Waals surface area contributed by atoms with Crippen LogP contribution in [0.1, 0.15) is 29.6 Å². The summed E-state index contributed by atoms with van der Waals surface area (Å²) in [7, 11) is 0. The molecule has 10 nitrogen and oxygen atoms in total. The van der Waals surface area contributed by atoms with Gasteiger partial charge in [-0.3, -0.25) is 15.0 Å². The Morgan fingerprint density at radius 2 is 1.89 bits per heavy atom. The fourth-order valence-corrected chi connectivity index (χ4v) is 4.61. The van der Waals surface area contributed by atoms with Crippen LogP contribution in [0.4, 0.5) is 5.69 Å². The lowest BCUT2D eigenvalue weighted by atomic mass is 10.0. The van der Waals surface area contributed by atoms with E-state index in [1.54, 1.807) is 12.1 Å². The van der Waals surface area contributed by atoms with Gasteiger partial charge in [0.05, 0.1) is 35.4 Å². The van der Waals surface area contributed by atoms with Gasteiger partial charge < -0.3 is 19.6 Å². The number of nitro groups is 1. The molecule has 4 aromatic rings. The fraction of sp³-hybridized carbons (Fsp3) is 0.333. The second-order valence-corrected chi connectivity index (χ2v) is 9.04. The lowest BCUT2D eigenvalue weighted by Crippen LogP contribution is -2.38. The summed E-state index contributed by atoms with van der Waals surface area (Å²) in [4.78, 5) is 21.4. The van der Waals surface area contributed by atoms with Gasteiger partial charge in [0.15, 0.2) is 0 Å². The highest BCUT2D eigenvalue weighted by Crippen LogP contribution is 2.34. The molecule has 37 heavy (non-hydrogen) atoms. The lowest BCUT2D eigenvalue weighted by Gasteiger charge is -2.26. The molecule has 1 unspecified atom stereocenters. The summed E-state index contributed by atoms with van der Waals surface area (Å²) in [6, 6.07) is 16.2. The van der Waals surface area contributed by atoms with Crippen molar-refractivity contribution in [2.75, 3.05) is 39.4 Å². The Morgan fingerprint density at radius 1 is 1.14 bits per heavy atom. The molecule has 1 fully saturated rings. The molecule has 1 aliphatic rings. The first-order chi connectivity index (χ1) is 18.1. The average Bonchev–Trinajstić information content (AvgIpc) is 3.56. The second-order valence-electron chi connectivity index (χ2n) is 9.04. The van der Waals surface area contributed by atoms with E-state index in [9.17, 15) is 10.1 Å². The van der Waals surface area contributed by atoms with Crippen molar-refractivity contribution in [3.8, 4) is 22.5 Å². The molecule has 10 heteroatoms. The molecule has 1 saturated heterocycles. The number of non-ortho nitro benzene ring substituents is 1. The van der Waals surface area contributed by atoms with Crippen LogP contribution in [0.25, 0.3) is 22.5 Å². The third-order valence-electron chi connectivity index (χ3n) is 6.58. The first-order valence-corrected chi connectivity index (χ1v) is 12.5. The molecule has 5 rings (SSSR count). The number of morpholine rings is 1. The minimum atomic E-state index is -0.390. The van der Waals surface area contributed by atoms with Gasteiger partial charge in [-0.15, -0.1) is 0 Å². The van der Waals surface area contributed by atoms with Gasteiger partial charge in [0.2, 0.25) is 0 Å². The van der Waals surface area contributed by atoms with Crippen molar-refractivity contribution in [1.82, 2.24) is 25.3 Å². The van der Waals surface area contributed by atoms with Crippen LogP contribution in [0, 0.1) is 17.0 Å². The van der Waals surface area contributed by atoms with Crippen LogP contribution >= 0.6 is 0 Å². The van der Waals surface area contributed by atoms with Crippen molar-refractivity contribution in [3.05, 3.63) is 88.1 Å². The topological polar surface area (TPSA) is 122 Å². The minimum Gasteiger partial charge on any atom is -0.379 e.